The third kappa shape index (κ3) is 3.06. The van der Waals surface area contributed by atoms with Gasteiger partial charge in [-0.15, -0.1) is 11.3 Å². The molecule has 0 bridgehead atoms. The molecule has 0 radical (unpaired) electrons. The van der Waals surface area contributed by atoms with E-state index in [1.165, 1.54) is 25.9 Å². The molecule has 0 saturated heterocycles. The molecule has 0 aliphatic heterocycles. The van der Waals surface area contributed by atoms with Gasteiger partial charge in [0.1, 0.15) is 0 Å². The maximum absolute atomic E-state index is 5.94. The van der Waals surface area contributed by atoms with Crippen molar-refractivity contribution in [3.05, 3.63) is 77.3 Å². The van der Waals surface area contributed by atoms with E-state index < -0.39 is 0 Å². The summed E-state index contributed by atoms with van der Waals surface area (Å²) in [6, 6.07) is 23.1. The van der Waals surface area contributed by atoms with Crippen LogP contribution in [0.1, 0.15) is 0 Å². The molecule has 2 aromatic heterocycles. The van der Waals surface area contributed by atoms with Gasteiger partial charge in [0.25, 0.3) is 0 Å². The molecule has 27 heavy (non-hydrogen) atoms. The first-order valence-corrected chi connectivity index (χ1v) is 9.84. The number of hydrogen-bond acceptors (Lipinski definition) is 4. The highest BCUT2D eigenvalue weighted by atomic mass is 35.5. The van der Waals surface area contributed by atoms with Crippen LogP contribution in [0.15, 0.2) is 66.7 Å². The van der Waals surface area contributed by atoms with E-state index in [-0.39, 0.29) is 10.6 Å². The molecule has 0 aliphatic carbocycles. The van der Waals surface area contributed by atoms with Gasteiger partial charge in [-0.3, -0.25) is 0 Å². The van der Waals surface area contributed by atoms with Crippen LogP contribution >= 0.6 is 34.5 Å². The van der Waals surface area contributed by atoms with Crippen molar-refractivity contribution >= 4 is 54.7 Å². The van der Waals surface area contributed by atoms with Crippen LogP contribution in [0.5, 0.6) is 0 Å². The van der Waals surface area contributed by atoms with Crippen molar-refractivity contribution in [2.75, 3.05) is 0 Å². The molecule has 3 nitrogen and oxygen atoms in total. The van der Waals surface area contributed by atoms with E-state index in [0.29, 0.717) is 5.82 Å². The molecule has 0 saturated carbocycles. The molecular formula is C21H11Cl2N3S. The average Bonchev–Trinajstić information content (AvgIpc) is 3.05. The summed E-state index contributed by atoms with van der Waals surface area (Å²) in [5.41, 5.74) is 3.25. The second kappa shape index (κ2) is 6.57. The number of halogens is 2. The second-order valence-electron chi connectivity index (χ2n) is 6.09. The molecule has 0 N–H and O–H groups in total. The second-order valence-corrected chi connectivity index (χ2v) is 7.85. The smallest absolute Gasteiger partial charge is 0.198 e. The Bertz CT molecular complexity index is 1280. The maximum Gasteiger partial charge on any atom is 0.227 e. The van der Waals surface area contributed by atoms with Crippen LogP contribution in [0.4, 0.5) is 0 Å². The molecule has 5 rings (SSSR count). The summed E-state index contributed by atoms with van der Waals surface area (Å²) >= 11 is 13.6. The van der Waals surface area contributed by atoms with Crippen LogP contribution in [0, 0.1) is 0 Å². The summed E-state index contributed by atoms with van der Waals surface area (Å²) in [7, 11) is 0. The van der Waals surface area contributed by atoms with Gasteiger partial charge < -0.3 is 0 Å². The molecule has 5 aromatic rings. The van der Waals surface area contributed by atoms with Crippen molar-refractivity contribution in [3.63, 3.8) is 0 Å². The molecule has 130 valence electrons. The third-order valence-corrected chi connectivity index (χ3v) is 5.91. The molecule has 2 heterocycles. The lowest BCUT2D eigenvalue weighted by Crippen LogP contribution is -1.93. The Morgan fingerprint density at radius 1 is 0.593 bits per heavy atom. The highest BCUT2D eigenvalue weighted by molar-refractivity contribution is 7.25. The summed E-state index contributed by atoms with van der Waals surface area (Å²) < 4.78 is 2.46. The molecule has 0 aliphatic rings. The Labute approximate surface area is 169 Å². The van der Waals surface area contributed by atoms with Crippen molar-refractivity contribution < 1.29 is 0 Å². The molecule has 6 heteroatoms. The Balaban J connectivity index is 1.72. The predicted octanol–water partition coefficient (Wildman–Crippen LogP) is 6.88. The molecule has 0 amide bonds. The maximum atomic E-state index is 5.94. The fourth-order valence-corrected chi connectivity index (χ4v) is 4.61. The number of aromatic nitrogens is 3. The lowest BCUT2D eigenvalue weighted by molar-refractivity contribution is 1.06. The van der Waals surface area contributed by atoms with Crippen LogP contribution in [0.2, 0.25) is 10.6 Å². The zero-order valence-corrected chi connectivity index (χ0v) is 16.2. The van der Waals surface area contributed by atoms with E-state index in [0.717, 1.165) is 10.9 Å². The number of fused-ring (bicyclic) bond motifs is 3. The van der Waals surface area contributed by atoms with Gasteiger partial charge in [-0.25, -0.2) is 0 Å². The minimum Gasteiger partial charge on any atom is -0.198 e. The molecule has 0 atom stereocenters. The van der Waals surface area contributed by atoms with Gasteiger partial charge in [-0.2, -0.15) is 15.0 Å². The summed E-state index contributed by atoms with van der Waals surface area (Å²) in [6.45, 7) is 0. The highest BCUT2D eigenvalue weighted by Crippen LogP contribution is 2.38. The number of hydrogen-bond donors (Lipinski definition) is 0. The van der Waals surface area contributed by atoms with Crippen LogP contribution in [0.25, 0.3) is 42.7 Å². The Kier molecular flexibility index (Phi) is 4.05. The van der Waals surface area contributed by atoms with Crippen molar-refractivity contribution in [2.24, 2.45) is 0 Å². The monoisotopic (exact) mass is 407 g/mol. The summed E-state index contributed by atoms with van der Waals surface area (Å²) in [5, 5.41) is 2.56. The quantitative estimate of drug-likeness (QED) is 0.320. The zero-order valence-electron chi connectivity index (χ0n) is 13.9. The number of nitrogens with zero attached hydrogens (tertiary/aromatic N) is 3. The number of benzene rings is 3. The molecule has 0 unspecified atom stereocenters. The van der Waals surface area contributed by atoms with E-state index in [1.54, 1.807) is 11.3 Å². The lowest BCUT2D eigenvalue weighted by atomic mass is 10.0. The van der Waals surface area contributed by atoms with E-state index in [1.807, 2.05) is 12.1 Å². The van der Waals surface area contributed by atoms with Crippen LogP contribution in [0.3, 0.4) is 0 Å². The summed E-state index contributed by atoms with van der Waals surface area (Å²) in [4.78, 5) is 12.2. The third-order valence-electron chi connectivity index (χ3n) is 4.42. The topological polar surface area (TPSA) is 38.7 Å². The molecule has 0 spiro atoms. The first-order valence-electron chi connectivity index (χ1n) is 8.26. The standard InChI is InChI=1S/C21H11Cl2N3S/c22-20-24-19(25-21(23)26-20)14-7-9-18-16(11-14)15-10-13(6-8-17(15)27-18)12-4-2-1-3-5-12/h1-11H. The van der Waals surface area contributed by atoms with Gasteiger partial charge in [-0.1, -0.05) is 36.4 Å². The van der Waals surface area contributed by atoms with Gasteiger partial charge in [0.15, 0.2) is 5.82 Å². The van der Waals surface area contributed by atoms with Gasteiger partial charge in [0, 0.05) is 25.7 Å². The zero-order chi connectivity index (χ0) is 18.4. The van der Waals surface area contributed by atoms with Crippen molar-refractivity contribution in [1.29, 1.82) is 0 Å². The van der Waals surface area contributed by atoms with Crippen molar-refractivity contribution in [1.82, 2.24) is 15.0 Å². The lowest BCUT2D eigenvalue weighted by Gasteiger charge is -2.03. The van der Waals surface area contributed by atoms with E-state index in [9.17, 15) is 0 Å². The van der Waals surface area contributed by atoms with Crippen molar-refractivity contribution in [3.8, 4) is 22.5 Å². The Morgan fingerprint density at radius 2 is 1.19 bits per heavy atom. The number of rotatable bonds is 2. The predicted molar refractivity (Wildman–Crippen MR) is 114 cm³/mol. The molecule has 3 aromatic carbocycles. The van der Waals surface area contributed by atoms with Gasteiger partial charge in [-0.05, 0) is 64.7 Å². The largest absolute Gasteiger partial charge is 0.227 e. The molecule has 0 fully saturated rings. The Morgan fingerprint density at radius 3 is 1.85 bits per heavy atom. The first kappa shape index (κ1) is 16.6. The fraction of sp³-hybridized carbons (Fsp3) is 0. The molecular weight excluding hydrogens is 397 g/mol. The van der Waals surface area contributed by atoms with Crippen LogP contribution in [-0.2, 0) is 0 Å². The SMILES string of the molecule is Clc1nc(Cl)nc(-c2ccc3sc4ccc(-c5ccccc5)cc4c3c2)n1. The van der Waals surface area contributed by atoms with Gasteiger partial charge in [0.2, 0.25) is 10.6 Å². The van der Waals surface area contributed by atoms with Crippen LogP contribution in [-0.4, -0.2) is 15.0 Å². The average molecular weight is 408 g/mol. The fourth-order valence-electron chi connectivity index (χ4n) is 3.18. The Hall–Kier alpha value is -2.53. The summed E-state index contributed by atoms with van der Waals surface area (Å²) in [5.74, 6) is 0.473. The minimum absolute atomic E-state index is 0.0895. The van der Waals surface area contributed by atoms with E-state index >= 15 is 0 Å². The van der Waals surface area contributed by atoms with Crippen molar-refractivity contribution in [2.45, 2.75) is 0 Å². The van der Waals surface area contributed by atoms with Crippen LogP contribution < -0.4 is 0 Å². The summed E-state index contributed by atoms with van der Waals surface area (Å²) in [6.07, 6.45) is 0. The van der Waals surface area contributed by atoms with E-state index in [4.69, 9.17) is 23.2 Å². The first-order chi connectivity index (χ1) is 13.2. The highest BCUT2D eigenvalue weighted by Gasteiger charge is 2.11. The minimum atomic E-state index is 0.0895. The number of thiophene rings is 1. The van der Waals surface area contributed by atoms with Gasteiger partial charge >= 0.3 is 0 Å². The normalized spacial score (nSPS) is 11.3. The van der Waals surface area contributed by atoms with E-state index in [2.05, 4.69) is 69.5 Å². The van der Waals surface area contributed by atoms with Gasteiger partial charge in [0.05, 0.1) is 0 Å².